The van der Waals surface area contributed by atoms with Crippen LogP contribution < -0.4 is 0 Å². The van der Waals surface area contributed by atoms with E-state index in [9.17, 15) is 4.79 Å². The summed E-state index contributed by atoms with van der Waals surface area (Å²) in [5.74, 6) is 0.0516. The van der Waals surface area contributed by atoms with Gasteiger partial charge >= 0.3 is 0 Å². The van der Waals surface area contributed by atoms with Gasteiger partial charge < -0.3 is 9.47 Å². The lowest BCUT2D eigenvalue weighted by atomic mass is 10.2. The third kappa shape index (κ3) is 2.83. The Balaban J connectivity index is 1.77. The van der Waals surface area contributed by atoms with Gasteiger partial charge in [-0.25, -0.2) is 0 Å². The number of carbonyl (C=O) groups is 1. The molecule has 2 aromatic rings. The number of aromatic nitrogens is 3. The molecule has 1 saturated heterocycles. The highest BCUT2D eigenvalue weighted by atomic mass is 35.5. The molecule has 0 aromatic carbocycles. The Morgan fingerprint density at radius 3 is 2.90 bits per heavy atom. The highest BCUT2D eigenvalue weighted by Crippen LogP contribution is 2.23. The van der Waals surface area contributed by atoms with Crippen molar-refractivity contribution in [2.45, 2.75) is 32.4 Å². The van der Waals surface area contributed by atoms with Gasteiger partial charge in [-0.15, -0.1) is 0 Å². The molecular weight excluding hydrogens is 288 g/mol. The third-order valence-corrected chi connectivity index (χ3v) is 4.20. The van der Waals surface area contributed by atoms with Crippen molar-refractivity contribution in [3.05, 3.63) is 40.9 Å². The minimum Gasteiger partial charge on any atom is -0.345 e. The smallest absolute Gasteiger partial charge is 0.270 e. The molecule has 6 heteroatoms. The number of hydrogen-bond donors (Lipinski definition) is 0. The van der Waals surface area contributed by atoms with E-state index in [1.807, 2.05) is 35.9 Å². The molecule has 5 nitrogen and oxygen atoms in total. The van der Waals surface area contributed by atoms with Crippen LogP contribution in [0.4, 0.5) is 0 Å². The Bertz CT molecular complexity index is 660. The molecule has 21 heavy (non-hydrogen) atoms. The summed E-state index contributed by atoms with van der Waals surface area (Å²) in [7, 11) is 1.85. The third-order valence-electron chi connectivity index (χ3n) is 3.99. The number of halogens is 1. The van der Waals surface area contributed by atoms with Crippen LogP contribution in [0.1, 0.15) is 28.9 Å². The molecule has 1 fully saturated rings. The first kappa shape index (κ1) is 14.2. The van der Waals surface area contributed by atoms with Crippen molar-refractivity contribution in [1.82, 2.24) is 19.2 Å². The standard InChI is InChI=1S/C15H19ClN4O/c1-11-7-17-19(8-11)10-13-4-3-5-20(13)15(21)14-6-12(16)9-18(14)2/h6-9,13H,3-5,10H2,1-2H3/t13-/m1/s1. The van der Waals surface area contributed by atoms with Gasteiger partial charge in [-0.3, -0.25) is 9.48 Å². The zero-order chi connectivity index (χ0) is 15.0. The van der Waals surface area contributed by atoms with E-state index >= 15 is 0 Å². The van der Waals surface area contributed by atoms with E-state index in [4.69, 9.17) is 11.6 Å². The number of carbonyl (C=O) groups excluding carboxylic acids is 1. The minimum atomic E-state index is 0.0516. The van der Waals surface area contributed by atoms with Gasteiger partial charge in [0, 0.05) is 26.0 Å². The molecule has 3 rings (SSSR count). The van der Waals surface area contributed by atoms with E-state index in [-0.39, 0.29) is 11.9 Å². The van der Waals surface area contributed by atoms with E-state index in [1.54, 1.807) is 16.8 Å². The molecule has 112 valence electrons. The fourth-order valence-corrected chi connectivity index (χ4v) is 3.21. The van der Waals surface area contributed by atoms with Crippen molar-refractivity contribution >= 4 is 17.5 Å². The molecule has 0 saturated carbocycles. The number of amides is 1. The van der Waals surface area contributed by atoms with Crippen LogP contribution in [0, 0.1) is 6.92 Å². The summed E-state index contributed by atoms with van der Waals surface area (Å²) in [4.78, 5) is 14.7. The molecule has 1 aliphatic rings. The zero-order valence-corrected chi connectivity index (χ0v) is 13.0. The van der Waals surface area contributed by atoms with Gasteiger partial charge in [-0.2, -0.15) is 5.10 Å². The molecule has 0 spiro atoms. The number of nitrogens with zero attached hydrogens (tertiary/aromatic N) is 4. The summed E-state index contributed by atoms with van der Waals surface area (Å²) in [6.07, 6.45) is 7.67. The highest BCUT2D eigenvalue weighted by Gasteiger charge is 2.31. The predicted molar refractivity (Wildman–Crippen MR) is 81.4 cm³/mol. The second kappa shape index (κ2) is 5.56. The van der Waals surface area contributed by atoms with Gasteiger partial charge in [-0.1, -0.05) is 11.6 Å². The topological polar surface area (TPSA) is 43.1 Å². The van der Waals surface area contributed by atoms with Gasteiger partial charge in [0.25, 0.3) is 5.91 Å². The monoisotopic (exact) mass is 306 g/mol. The summed E-state index contributed by atoms with van der Waals surface area (Å²) >= 11 is 5.98. The molecule has 2 aromatic heterocycles. The largest absolute Gasteiger partial charge is 0.345 e. The minimum absolute atomic E-state index is 0.0516. The van der Waals surface area contributed by atoms with Gasteiger partial charge in [0.2, 0.25) is 0 Å². The summed E-state index contributed by atoms with van der Waals surface area (Å²) < 4.78 is 3.71. The molecule has 0 unspecified atom stereocenters. The van der Waals surface area contributed by atoms with Crippen molar-refractivity contribution < 1.29 is 4.79 Å². The molecule has 3 heterocycles. The Kier molecular flexibility index (Phi) is 3.76. The summed E-state index contributed by atoms with van der Waals surface area (Å²) in [5.41, 5.74) is 1.78. The molecule has 1 atom stereocenters. The van der Waals surface area contributed by atoms with E-state index in [2.05, 4.69) is 5.10 Å². The lowest BCUT2D eigenvalue weighted by molar-refractivity contribution is 0.0712. The van der Waals surface area contributed by atoms with Gasteiger partial charge in [0.05, 0.1) is 23.8 Å². The molecule has 0 bridgehead atoms. The predicted octanol–water partition coefficient (Wildman–Crippen LogP) is 2.49. The van der Waals surface area contributed by atoms with E-state index in [0.717, 1.165) is 31.5 Å². The van der Waals surface area contributed by atoms with Crippen LogP contribution in [-0.4, -0.2) is 37.7 Å². The van der Waals surface area contributed by atoms with Crippen molar-refractivity contribution in [1.29, 1.82) is 0 Å². The van der Waals surface area contributed by atoms with Crippen LogP contribution in [0.5, 0.6) is 0 Å². The maximum atomic E-state index is 12.7. The van der Waals surface area contributed by atoms with Crippen molar-refractivity contribution in [3.8, 4) is 0 Å². The number of hydrogen-bond acceptors (Lipinski definition) is 2. The molecule has 0 aliphatic carbocycles. The molecule has 0 N–H and O–H groups in total. The van der Waals surface area contributed by atoms with Crippen LogP contribution in [-0.2, 0) is 13.6 Å². The first-order valence-electron chi connectivity index (χ1n) is 7.16. The van der Waals surface area contributed by atoms with Gasteiger partial charge in [0.1, 0.15) is 5.69 Å². The van der Waals surface area contributed by atoms with Crippen molar-refractivity contribution in [2.24, 2.45) is 7.05 Å². The number of likely N-dealkylation sites (tertiary alicyclic amines) is 1. The van der Waals surface area contributed by atoms with Crippen LogP contribution in [0.25, 0.3) is 0 Å². The van der Waals surface area contributed by atoms with Crippen LogP contribution in [0.3, 0.4) is 0 Å². The van der Waals surface area contributed by atoms with Crippen LogP contribution in [0.15, 0.2) is 24.7 Å². The lowest BCUT2D eigenvalue weighted by Crippen LogP contribution is -2.38. The van der Waals surface area contributed by atoms with E-state index in [0.29, 0.717) is 10.7 Å². The normalized spacial score (nSPS) is 18.4. The second-order valence-electron chi connectivity index (χ2n) is 5.69. The van der Waals surface area contributed by atoms with Crippen LogP contribution >= 0.6 is 11.6 Å². The SMILES string of the molecule is Cc1cnn(C[C@H]2CCCN2C(=O)c2cc(Cl)cn2C)c1. The second-order valence-corrected chi connectivity index (χ2v) is 6.13. The summed E-state index contributed by atoms with van der Waals surface area (Å²) in [6.45, 7) is 3.57. The van der Waals surface area contributed by atoms with Crippen molar-refractivity contribution in [2.75, 3.05) is 6.54 Å². The summed E-state index contributed by atoms with van der Waals surface area (Å²) in [6, 6.07) is 1.93. The fraction of sp³-hybridized carbons (Fsp3) is 0.467. The van der Waals surface area contributed by atoms with Crippen LogP contribution in [0.2, 0.25) is 5.02 Å². The summed E-state index contributed by atoms with van der Waals surface area (Å²) in [5, 5.41) is 4.92. The maximum Gasteiger partial charge on any atom is 0.270 e. The Hall–Kier alpha value is -1.75. The highest BCUT2D eigenvalue weighted by molar-refractivity contribution is 6.31. The molecular formula is C15H19ClN4O. The lowest BCUT2D eigenvalue weighted by Gasteiger charge is -2.24. The first-order chi connectivity index (χ1) is 10.0. The average molecular weight is 307 g/mol. The molecule has 1 aliphatic heterocycles. The van der Waals surface area contributed by atoms with Gasteiger partial charge in [0.15, 0.2) is 0 Å². The number of rotatable bonds is 3. The van der Waals surface area contributed by atoms with Gasteiger partial charge in [-0.05, 0) is 31.4 Å². The molecule has 0 radical (unpaired) electrons. The Morgan fingerprint density at radius 2 is 2.29 bits per heavy atom. The quantitative estimate of drug-likeness (QED) is 0.874. The number of aryl methyl sites for hydroxylation is 2. The first-order valence-corrected chi connectivity index (χ1v) is 7.54. The maximum absolute atomic E-state index is 12.7. The van der Waals surface area contributed by atoms with E-state index < -0.39 is 0 Å². The van der Waals surface area contributed by atoms with E-state index in [1.165, 1.54) is 0 Å². The Labute approximate surface area is 129 Å². The van der Waals surface area contributed by atoms with Crippen molar-refractivity contribution in [3.63, 3.8) is 0 Å². The zero-order valence-electron chi connectivity index (χ0n) is 12.3. The fourth-order valence-electron chi connectivity index (χ4n) is 2.96. The Morgan fingerprint density at radius 1 is 1.48 bits per heavy atom. The average Bonchev–Trinajstić information content (AvgIpc) is 3.11. The molecule has 1 amide bonds.